The van der Waals surface area contributed by atoms with Gasteiger partial charge in [0.25, 0.3) is 11.5 Å². The van der Waals surface area contributed by atoms with Crippen LogP contribution in [0.1, 0.15) is 16.1 Å². The maximum absolute atomic E-state index is 13.8. The lowest BCUT2D eigenvalue weighted by molar-refractivity contribution is -0.117. The summed E-state index contributed by atoms with van der Waals surface area (Å²) in [5, 5.41) is 19.0. The molecule has 178 valence electrons. The number of hydrogen-bond donors (Lipinski definition) is 2. The van der Waals surface area contributed by atoms with Crippen molar-refractivity contribution in [3.63, 3.8) is 0 Å². The van der Waals surface area contributed by atoms with E-state index >= 15 is 0 Å². The van der Waals surface area contributed by atoms with E-state index in [-0.39, 0.29) is 33.7 Å². The number of nitriles is 1. The first kappa shape index (κ1) is 24.0. The predicted octanol–water partition coefficient (Wildman–Crippen LogP) is 1.65. The van der Waals surface area contributed by atoms with Gasteiger partial charge in [0.1, 0.15) is 29.9 Å². The van der Waals surface area contributed by atoms with E-state index < -0.39 is 23.8 Å². The molecule has 1 aliphatic heterocycles. The van der Waals surface area contributed by atoms with E-state index in [2.05, 4.69) is 20.7 Å². The maximum Gasteiger partial charge on any atom is 0.267 e. The molecule has 10 nitrogen and oxygen atoms in total. The van der Waals surface area contributed by atoms with Crippen LogP contribution < -0.4 is 16.2 Å². The Labute approximate surface area is 204 Å². The van der Waals surface area contributed by atoms with Crippen molar-refractivity contribution < 1.29 is 14.0 Å². The van der Waals surface area contributed by atoms with E-state index in [0.717, 1.165) is 4.68 Å². The lowest BCUT2D eigenvalue weighted by Crippen LogP contribution is -2.46. The number of pyridine rings is 1. The summed E-state index contributed by atoms with van der Waals surface area (Å²) in [6.45, 7) is 1.90. The first-order valence-corrected chi connectivity index (χ1v) is 11.0. The Kier molecular flexibility index (Phi) is 7.14. The van der Waals surface area contributed by atoms with Gasteiger partial charge in [0.2, 0.25) is 5.91 Å². The lowest BCUT2D eigenvalue weighted by Gasteiger charge is -2.27. The van der Waals surface area contributed by atoms with Crippen molar-refractivity contribution in [1.29, 1.82) is 5.26 Å². The van der Waals surface area contributed by atoms with Gasteiger partial charge in [0.15, 0.2) is 0 Å². The molecule has 4 rings (SSSR count). The lowest BCUT2D eigenvalue weighted by atomic mass is 10.1. The molecule has 0 atom stereocenters. The van der Waals surface area contributed by atoms with E-state index in [1.807, 2.05) is 6.07 Å². The van der Waals surface area contributed by atoms with E-state index in [1.54, 1.807) is 4.90 Å². The van der Waals surface area contributed by atoms with Crippen molar-refractivity contribution in [2.24, 2.45) is 0 Å². The van der Waals surface area contributed by atoms with Crippen molar-refractivity contribution in [2.75, 3.05) is 31.5 Å². The molecule has 2 amide bonds. The summed E-state index contributed by atoms with van der Waals surface area (Å²) >= 11 is 5.71. The zero-order valence-corrected chi connectivity index (χ0v) is 19.0. The molecule has 2 N–H and O–H groups in total. The monoisotopic (exact) mass is 495 g/mol. The van der Waals surface area contributed by atoms with Gasteiger partial charge in [-0.15, -0.1) is 0 Å². The standard InChI is InChI=1S/C23H19ClFN7O3/c24-17-2-1-14(10-18(17)25)19-3-4-22(34)32(30-19)13-21(33)29-20-11-15(9-16(12-26)28-20)23(35)31-7-5-27-6-8-31/h1-4,9-11,27H,5-8,13H2,(H,28,29,33). The normalized spacial score (nSPS) is 13.2. The van der Waals surface area contributed by atoms with Crippen LogP contribution in [-0.4, -0.2) is 57.7 Å². The average Bonchev–Trinajstić information content (AvgIpc) is 2.86. The molecule has 3 aromatic rings. The summed E-state index contributed by atoms with van der Waals surface area (Å²) in [7, 11) is 0. The Morgan fingerprint density at radius 2 is 1.94 bits per heavy atom. The van der Waals surface area contributed by atoms with E-state index in [0.29, 0.717) is 31.7 Å². The van der Waals surface area contributed by atoms with Crippen LogP contribution in [0.15, 0.2) is 47.3 Å². The molecule has 1 aliphatic rings. The van der Waals surface area contributed by atoms with E-state index in [4.69, 9.17) is 11.6 Å². The first-order chi connectivity index (χ1) is 16.8. The third-order valence-electron chi connectivity index (χ3n) is 5.23. The number of piperazine rings is 1. The van der Waals surface area contributed by atoms with Crippen LogP contribution in [0.2, 0.25) is 5.02 Å². The minimum Gasteiger partial charge on any atom is -0.336 e. The fraction of sp³-hybridized carbons (Fsp3) is 0.217. The van der Waals surface area contributed by atoms with Gasteiger partial charge in [-0.3, -0.25) is 14.4 Å². The molecule has 0 bridgehead atoms. The Bertz CT molecular complexity index is 1400. The zero-order valence-electron chi connectivity index (χ0n) is 18.3. The first-order valence-electron chi connectivity index (χ1n) is 10.6. The second kappa shape index (κ2) is 10.4. The molecule has 0 aliphatic carbocycles. The van der Waals surface area contributed by atoms with E-state index in [9.17, 15) is 24.0 Å². The summed E-state index contributed by atoms with van der Waals surface area (Å²) in [6, 6.07) is 11.3. The summed E-state index contributed by atoms with van der Waals surface area (Å²) in [5.74, 6) is -1.57. The van der Waals surface area contributed by atoms with Crippen LogP contribution in [0.3, 0.4) is 0 Å². The highest BCUT2D eigenvalue weighted by atomic mass is 35.5. The highest BCUT2D eigenvalue weighted by Crippen LogP contribution is 2.22. The van der Waals surface area contributed by atoms with E-state index in [1.165, 1.54) is 42.5 Å². The molecule has 0 saturated carbocycles. The van der Waals surface area contributed by atoms with Gasteiger partial charge in [-0.2, -0.15) is 10.4 Å². The number of hydrogen-bond acceptors (Lipinski definition) is 7. The van der Waals surface area contributed by atoms with Gasteiger partial charge in [-0.1, -0.05) is 17.7 Å². The number of carbonyl (C=O) groups is 2. The Balaban J connectivity index is 1.53. The number of nitrogens with one attached hydrogen (secondary N) is 2. The van der Waals surface area contributed by atoms with Crippen molar-refractivity contribution in [2.45, 2.75) is 6.54 Å². The maximum atomic E-state index is 13.8. The Morgan fingerprint density at radius 3 is 2.66 bits per heavy atom. The molecule has 1 fully saturated rings. The average molecular weight is 496 g/mol. The van der Waals surface area contributed by atoms with Gasteiger partial charge >= 0.3 is 0 Å². The number of carbonyl (C=O) groups excluding carboxylic acids is 2. The fourth-order valence-corrected chi connectivity index (χ4v) is 3.63. The Morgan fingerprint density at radius 1 is 1.17 bits per heavy atom. The van der Waals surface area contributed by atoms with Crippen LogP contribution in [0.25, 0.3) is 11.3 Å². The van der Waals surface area contributed by atoms with Crippen LogP contribution >= 0.6 is 11.6 Å². The number of benzene rings is 1. The molecule has 0 spiro atoms. The number of aromatic nitrogens is 3. The highest BCUT2D eigenvalue weighted by Gasteiger charge is 2.20. The molecule has 3 heterocycles. The summed E-state index contributed by atoms with van der Waals surface area (Å²) in [6.07, 6.45) is 0. The van der Waals surface area contributed by atoms with Gasteiger partial charge in [0, 0.05) is 43.4 Å². The molecule has 0 unspecified atom stereocenters. The minimum absolute atomic E-state index is 0.00323. The third-order valence-corrected chi connectivity index (χ3v) is 5.54. The zero-order chi connectivity index (χ0) is 24.9. The number of amides is 2. The van der Waals surface area contributed by atoms with Crippen molar-refractivity contribution >= 4 is 29.2 Å². The van der Waals surface area contributed by atoms with Gasteiger partial charge in [-0.25, -0.2) is 14.1 Å². The second-order valence-corrected chi connectivity index (χ2v) is 8.08. The summed E-state index contributed by atoms with van der Waals surface area (Å²) < 4.78 is 14.7. The molecule has 2 aromatic heterocycles. The quantitative estimate of drug-likeness (QED) is 0.550. The fourth-order valence-electron chi connectivity index (χ4n) is 3.52. The second-order valence-electron chi connectivity index (χ2n) is 7.67. The molecule has 0 radical (unpaired) electrons. The topological polar surface area (TPSA) is 133 Å². The van der Waals surface area contributed by atoms with Crippen molar-refractivity contribution in [3.05, 3.63) is 74.9 Å². The molecule has 1 aromatic carbocycles. The molecular formula is C23H19ClFN7O3. The van der Waals surface area contributed by atoms with Crippen LogP contribution in [0.5, 0.6) is 0 Å². The number of halogens is 2. The highest BCUT2D eigenvalue weighted by molar-refractivity contribution is 6.30. The SMILES string of the molecule is N#Cc1cc(C(=O)N2CCNCC2)cc(NC(=O)Cn2nc(-c3ccc(Cl)c(F)c3)ccc2=O)n1. The predicted molar refractivity (Wildman–Crippen MR) is 125 cm³/mol. The number of nitrogens with zero attached hydrogens (tertiary/aromatic N) is 5. The largest absolute Gasteiger partial charge is 0.336 e. The Hall–Kier alpha value is -4.14. The van der Waals surface area contributed by atoms with Crippen molar-refractivity contribution in [3.8, 4) is 17.3 Å². The number of anilines is 1. The molecule has 1 saturated heterocycles. The van der Waals surface area contributed by atoms with Gasteiger partial charge < -0.3 is 15.5 Å². The summed E-state index contributed by atoms with van der Waals surface area (Å²) in [5.41, 5.74) is 0.271. The van der Waals surface area contributed by atoms with Gasteiger partial charge in [-0.05, 0) is 30.3 Å². The van der Waals surface area contributed by atoms with Crippen molar-refractivity contribution in [1.82, 2.24) is 25.0 Å². The third kappa shape index (κ3) is 5.68. The van der Waals surface area contributed by atoms with Crippen LogP contribution in [0.4, 0.5) is 10.2 Å². The van der Waals surface area contributed by atoms with Crippen LogP contribution in [0, 0.1) is 17.1 Å². The molecule has 12 heteroatoms. The summed E-state index contributed by atoms with van der Waals surface area (Å²) in [4.78, 5) is 43.4. The molecular weight excluding hydrogens is 477 g/mol. The number of rotatable bonds is 5. The minimum atomic E-state index is -0.651. The smallest absolute Gasteiger partial charge is 0.267 e. The van der Waals surface area contributed by atoms with Crippen LogP contribution in [-0.2, 0) is 11.3 Å². The molecule has 35 heavy (non-hydrogen) atoms. The van der Waals surface area contributed by atoms with Gasteiger partial charge in [0.05, 0.1) is 10.7 Å².